The number of hydrogen-bond donors (Lipinski definition) is 0. The van der Waals surface area contributed by atoms with Gasteiger partial charge in [-0.15, -0.1) is 0 Å². The molecule has 2 rings (SSSR count). The van der Waals surface area contributed by atoms with E-state index in [1.807, 2.05) is 0 Å². The lowest BCUT2D eigenvalue weighted by Gasteiger charge is -2.33. The zero-order valence-corrected chi connectivity index (χ0v) is 11.8. The van der Waals surface area contributed by atoms with Crippen LogP contribution in [0.15, 0.2) is 12.2 Å². The summed E-state index contributed by atoms with van der Waals surface area (Å²) in [5, 5.41) is 0. The molecule has 0 radical (unpaired) electrons. The van der Waals surface area contributed by atoms with Crippen molar-refractivity contribution in [1.29, 1.82) is 0 Å². The first-order valence-corrected chi connectivity index (χ1v) is 7.53. The third-order valence-corrected chi connectivity index (χ3v) is 4.04. The number of ether oxygens (including phenoxy) is 2. The van der Waals surface area contributed by atoms with Crippen molar-refractivity contribution >= 4 is 0 Å². The molecule has 1 aliphatic carbocycles. The van der Waals surface area contributed by atoms with Crippen molar-refractivity contribution in [3.63, 3.8) is 0 Å². The molecule has 0 aromatic rings. The fourth-order valence-corrected chi connectivity index (χ4v) is 2.90. The van der Waals surface area contributed by atoms with Crippen LogP contribution >= 0.6 is 0 Å². The molecule has 1 saturated heterocycles. The third-order valence-electron chi connectivity index (χ3n) is 4.04. The van der Waals surface area contributed by atoms with E-state index in [4.69, 9.17) is 9.47 Å². The Morgan fingerprint density at radius 2 is 1.94 bits per heavy atom. The molecule has 0 bridgehead atoms. The smallest absolute Gasteiger partial charge is 0.158 e. The lowest BCUT2D eigenvalue weighted by molar-refractivity contribution is -0.180. The Morgan fingerprint density at radius 1 is 1.11 bits per heavy atom. The second kappa shape index (κ2) is 7.27. The molecule has 0 aromatic carbocycles. The molecule has 0 amide bonds. The lowest BCUT2D eigenvalue weighted by Crippen LogP contribution is -2.37. The Hall–Kier alpha value is -0.380. The molecule has 1 fully saturated rings. The Balaban J connectivity index is 1.78. The summed E-state index contributed by atoms with van der Waals surface area (Å²) < 4.78 is 11.6. The molecule has 1 unspecified atom stereocenters. The average molecular weight is 253 g/mol. The molecule has 3 heteroatoms. The number of hydrogen-bond acceptors (Lipinski definition) is 3. The number of rotatable bonds is 5. The van der Waals surface area contributed by atoms with Crippen LogP contribution in [0.5, 0.6) is 0 Å². The maximum absolute atomic E-state index is 6.00. The first kappa shape index (κ1) is 14.0. The molecule has 18 heavy (non-hydrogen) atoms. The van der Waals surface area contributed by atoms with Gasteiger partial charge in [-0.2, -0.15) is 0 Å². The van der Waals surface area contributed by atoms with Gasteiger partial charge in [-0.25, -0.2) is 0 Å². The van der Waals surface area contributed by atoms with Crippen LogP contribution in [0.3, 0.4) is 0 Å². The van der Waals surface area contributed by atoms with Gasteiger partial charge in [-0.3, -0.25) is 4.90 Å². The van der Waals surface area contributed by atoms with Gasteiger partial charge in [0.15, 0.2) is 6.29 Å². The monoisotopic (exact) mass is 253 g/mol. The fraction of sp³-hybridized carbons (Fsp3) is 0.867. The topological polar surface area (TPSA) is 21.7 Å². The van der Waals surface area contributed by atoms with Gasteiger partial charge in [0.2, 0.25) is 0 Å². The molecule has 2 aliphatic rings. The second-order valence-electron chi connectivity index (χ2n) is 5.22. The second-order valence-corrected chi connectivity index (χ2v) is 5.22. The Kier molecular flexibility index (Phi) is 5.67. The lowest BCUT2D eigenvalue weighted by atomic mass is 9.99. The van der Waals surface area contributed by atoms with Crippen LogP contribution in [-0.4, -0.2) is 43.0 Å². The first-order valence-electron chi connectivity index (χ1n) is 7.53. The fourth-order valence-electron chi connectivity index (χ4n) is 2.90. The number of nitrogens with zero attached hydrogens (tertiary/aromatic N) is 1. The molecule has 0 saturated carbocycles. The van der Waals surface area contributed by atoms with Crippen LogP contribution in [0, 0.1) is 0 Å². The first-order chi connectivity index (χ1) is 8.83. The summed E-state index contributed by atoms with van der Waals surface area (Å²) in [7, 11) is 0. The minimum atomic E-state index is 0.0402. The van der Waals surface area contributed by atoms with E-state index in [9.17, 15) is 0 Å². The summed E-state index contributed by atoms with van der Waals surface area (Å²) in [4.78, 5) is 2.50. The van der Waals surface area contributed by atoms with Gasteiger partial charge in [0.05, 0.1) is 6.10 Å². The highest BCUT2D eigenvalue weighted by atomic mass is 16.7. The minimum absolute atomic E-state index is 0.0402. The molecule has 3 nitrogen and oxygen atoms in total. The summed E-state index contributed by atoms with van der Waals surface area (Å²) in [5.74, 6) is 0. The Bertz CT molecular complexity index is 257. The Morgan fingerprint density at radius 3 is 2.50 bits per heavy atom. The van der Waals surface area contributed by atoms with Crippen molar-refractivity contribution in [1.82, 2.24) is 4.90 Å². The van der Waals surface area contributed by atoms with Crippen LogP contribution in [0.1, 0.15) is 46.0 Å². The van der Waals surface area contributed by atoms with E-state index in [2.05, 4.69) is 30.9 Å². The predicted molar refractivity (Wildman–Crippen MR) is 73.5 cm³/mol. The summed E-state index contributed by atoms with van der Waals surface area (Å²) in [6.07, 6.45) is 10.7. The van der Waals surface area contributed by atoms with Crippen molar-refractivity contribution in [2.75, 3.05) is 19.7 Å². The largest absolute Gasteiger partial charge is 0.353 e. The van der Waals surface area contributed by atoms with Gasteiger partial charge in [0.25, 0.3) is 0 Å². The van der Waals surface area contributed by atoms with Gasteiger partial charge >= 0.3 is 0 Å². The SMILES string of the molecule is CCN(CC)[C@@H]1C=C[C@H](OC2CCCCO2)CC1. The molecule has 0 aromatic heterocycles. The summed E-state index contributed by atoms with van der Waals surface area (Å²) in [6, 6.07) is 0.604. The van der Waals surface area contributed by atoms with Gasteiger partial charge in [0.1, 0.15) is 0 Å². The predicted octanol–water partition coefficient (Wildman–Crippen LogP) is 2.96. The molecule has 1 aliphatic heterocycles. The van der Waals surface area contributed by atoms with Crippen molar-refractivity contribution < 1.29 is 9.47 Å². The molecular weight excluding hydrogens is 226 g/mol. The van der Waals surface area contributed by atoms with Crippen LogP contribution < -0.4 is 0 Å². The standard InChI is InChI=1S/C15H27NO2/c1-3-16(4-2)13-8-10-14(11-9-13)18-15-7-5-6-12-17-15/h8,10,13-15H,3-7,9,11-12H2,1-2H3/t13-,14+,15?/m1/s1. The summed E-state index contributed by atoms with van der Waals surface area (Å²) >= 11 is 0. The summed E-state index contributed by atoms with van der Waals surface area (Å²) in [6.45, 7) is 7.58. The summed E-state index contributed by atoms with van der Waals surface area (Å²) in [5.41, 5.74) is 0. The quantitative estimate of drug-likeness (QED) is 0.703. The van der Waals surface area contributed by atoms with E-state index in [1.54, 1.807) is 0 Å². The van der Waals surface area contributed by atoms with Crippen LogP contribution in [0.4, 0.5) is 0 Å². The van der Waals surface area contributed by atoms with Gasteiger partial charge < -0.3 is 9.47 Å². The van der Waals surface area contributed by atoms with Gasteiger partial charge in [-0.05, 0) is 45.2 Å². The zero-order valence-electron chi connectivity index (χ0n) is 11.8. The van der Waals surface area contributed by atoms with Crippen molar-refractivity contribution in [2.24, 2.45) is 0 Å². The highest BCUT2D eigenvalue weighted by molar-refractivity contribution is 5.03. The van der Waals surface area contributed by atoms with Crippen LogP contribution in [0.25, 0.3) is 0 Å². The van der Waals surface area contributed by atoms with E-state index in [-0.39, 0.29) is 12.4 Å². The van der Waals surface area contributed by atoms with E-state index < -0.39 is 0 Å². The molecule has 3 atom stereocenters. The highest BCUT2D eigenvalue weighted by Gasteiger charge is 2.23. The maximum atomic E-state index is 6.00. The maximum Gasteiger partial charge on any atom is 0.158 e. The van der Waals surface area contributed by atoms with Gasteiger partial charge in [-0.1, -0.05) is 26.0 Å². The van der Waals surface area contributed by atoms with Crippen LogP contribution in [0.2, 0.25) is 0 Å². The molecule has 104 valence electrons. The zero-order chi connectivity index (χ0) is 12.8. The van der Waals surface area contributed by atoms with Crippen molar-refractivity contribution in [2.45, 2.75) is 64.4 Å². The third kappa shape index (κ3) is 3.81. The normalized spacial score (nSPS) is 32.9. The van der Waals surface area contributed by atoms with Crippen molar-refractivity contribution in [3.8, 4) is 0 Å². The minimum Gasteiger partial charge on any atom is -0.353 e. The van der Waals surface area contributed by atoms with E-state index in [0.717, 1.165) is 32.5 Å². The van der Waals surface area contributed by atoms with E-state index >= 15 is 0 Å². The van der Waals surface area contributed by atoms with Crippen LogP contribution in [-0.2, 0) is 9.47 Å². The highest BCUT2D eigenvalue weighted by Crippen LogP contribution is 2.23. The molecule has 0 N–H and O–H groups in total. The Labute approximate surface area is 111 Å². The van der Waals surface area contributed by atoms with Gasteiger partial charge in [0, 0.05) is 12.6 Å². The van der Waals surface area contributed by atoms with E-state index in [1.165, 1.54) is 19.3 Å². The van der Waals surface area contributed by atoms with E-state index in [0.29, 0.717) is 6.04 Å². The molecular formula is C15H27NO2. The molecule has 1 heterocycles. The number of likely N-dealkylation sites (N-methyl/N-ethyl adjacent to an activating group) is 1. The molecule has 0 spiro atoms. The average Bonchev–Trinajstić information content (AvgIpc) is 2.43. The van der Waals surface area contributed by atoms with Crippen molar-refractivity contribution in [3.05, 3.63) is 12.2 Å².